The zero-order chi connectivity index (χ0) is 13.9. The van der Waals surface area contributed by atoms with Crippen molar-refractivity contribution in [3.05, 3.63) is 34.9 Å². The van der Waals surface area contributed by atoms with Gasteiger partial charge in [0.2, 0.25) is 0 Å². The summed E-state index contributed by atoms with van der Waals surface area (Å²) in [7, 11) is 1.32. The predicted molar refractivity (Wildman–Crippen MR) is 68.4 cm³/mol. The maximum Gasteiger partial charge on any atom is 0.265 e. The highest BCUT2D eigenvalue weighted by Gasteiger charge is 2.39. The van der Waals surface area contributed by atoms with E-state index in [0.29, 0.717) is 10.8 Å². The van der Waals surface area contributed by atoms with Gasteiger partial charge >= 0.3 is 0 Å². The van der Waals surface area contributed by atoms with Crippen LogP contribution in [0.5, 0.6) is 11.5 Å². The molecule has 19 heavy (non-hydrogen) atoms. The fourth-order valence-electron chi connectivity index (χ4n) is 2.41. The number of aryl methyl sites for hydroxylation is 1. The molecule has 0 radical (unpaired) electrons. The van der Waals surface area contributed by atoms with Crippen LogP contribution in [-0.2, 0) is 0 Å². The number of fused-ring (bicyclic) bond motifs is 2. The SMILES string of the molecule is Cc1ccc2c(O)c3c(c(O)c2c1)C(=O)N(C)C3=O. The molecule has 1 aliphatic heterocycles. The number of benzene rings is 2. The number of phenols is 2. The smallest absolute Gasteiger partial charge is 0.265 e. The average molecular weight is 257 g/mol. The molecule has 1 aliphatic rings. The van der Waals surface area contributed by atoms with Crippen molar-refractivity contribution in [3.63, 3.8) is 0 Å². The van der Waals surface area contributed by atoms with E-state index in [1.807, 2.05) is 6.92 Å². The number of aromatic hydroxyl groups is 2. The van der Waals surface area contributed by atoms with E-state index in [1.54, 1.807) is 18.2 Å². The topological polar surface area (TPSA) is 77.8 Å². The van der Waals surface area contributed by atoms with Gasteiger partial charge in [0.1, 0.15) is 11.5 Å². The number of amides is 2. The van der Waals surface area contributed by atoms with Crippen molar-refractivity contribution in [3.8, 4) is 11.5 Å². The van der Waals surface area contributed by atoms with E-state index < -0.39 is 11.8 Å². The van der Waals surface area contributed by atoms with Gasteiger partial charge in [-0.15, -0.1) is 0 Å². The number of rotatable bonds is 0. The van der Waals surface area contributed by atoms with E-state index >= 15 is 0 Å². The minimum atomic E-state index is -0.602. The molecule has 5 nitrogen and oxygen atoms in total. The van der Waals surface area contributed by atoms with E-state index in [0.717, 1.165) is 10.5 Å². The molecule has 5 heteroatoms. The summed E-state index contributed by atoms with van der Waals surface area (Å²) in [6, 6.07) is 5.05. The number of hydrogen-bond donors (Lipinski definition) is 2. The molecule has 2 N–H and O–H groups in total. The van der Waals surface area contributed by atoms with Crippen LogP contribution in [0, 0.1) is 6.92 Å². The van der Waals surface area contributed by atoms with Crippen LogP contribution in [-0.4, -0.2) is 34.0 Å². The molecule has 0 aromatic heterocycles. The van der Waals surface area contributed by atoms with Crippen molar-refractivity contribution in [2.45, 2.75) is 6.92 Å². The summed E-state index contributed by atoms with van der Waals surface area (Å²) in [6.45, 7) is 1.84. The Bertz CT molecular complexity index is 764. The number of imide groups is 1. The molecule has 1 heterocycles. The van der Waals surface area contributed by atoms with Gasteiger partial charge in [-0.2, -0.15) is 0 Å². The Labute approximate surface area is 108 Å². The minimum absolute atomic E-state index is 0.122. The Morgan fingerprint density at radius 2 is 1.47 bits per heavy atom. The quantitative estimate of drug-likeness (QED) is 0.557. The largest absolute Gasteiger partial charge is 0.506 e. The first kappa shape index (κ1) is 11.5. The van der Waals surface area contributed by atoms with Crippen molar-refractivity contribution in [1.29, 1.82) is 0 Å². The third-order valence-electron chi connectivity index (χ3n) is 3.45. The second kappa shape index (κ2) is 3.47. The summed E-state index contributed by atoms with van der Waals surface area (Å²) in [5, 5.41) is 21.1. The Morgan fingerprint density at radius 3 is 2.05 bits per heavy atom. The van der Waals surface area contributed by atoms with Gasteiger partial charge in [-0.1, -0.05) is 17.7 Å². The number of hydrogen-bond acceptors (Lipinski definition) is 4. The molecule has 2 amide bonds. The summed E-state index contributed by atoms with van der Waals surface area (Å²) in [6.07, 6.45) is 0. The zero-order valence-electron chi connectivity index (χ0n) is 10.4. The lowest BCUT2D eigenvalue weighted by atomic mass is 9.98. The molecule has 96 valence electrons. The van der Waals surface area contributed by atoms with Crippen LogP contribution in [0.15, 0.2) is 18.2 Å². The molecule has 0 bridgehead atoms. The highest BCUT2D eigenvalue weighted by molar-refractivity contribution is 6.26. The van der Waals surface area contributed by atoms with Crippen molar-refractivity contribution in [2.75, 3.05) is 7.05 Å². The molecule has 2 aromatic carbocycles. The fourth-order valence-corrected chi connectivity index (χ4v) is 2.41. The van der Waals surface area contributed by atoms with Crippen LogP contribution < -0.4 is 0 Å². The van der Waals surface area contributed by atoms with Crippen LogP contribution in [0.4, 0.5) is 0 Å². The van der Waals surface area contributed by atoms with Crippen LogP contribution in [0.25, 0.3) is 10.8 Å². The number of nitrogens with zero attached hydrogens (tertiary/aromatic N) is 1. The molecular formula is C14H11NO4. The molecule has 0 saturated heterocycles. The van der Waals surface area contributed by atoms with Crippen molar-refractivity contribution >= 4 is 22.6 Å². The third-order valence-corrected chi connectivity index (χ3v) is 3.45. The molecule has 0 saturated carbocycles. The second-order valence-electron chi connectivity index (χ2n) is 4.67. The number of carbonyl (C=O) groups is 2. The van der Waals surface area contributed by atoms with Crippen molar-refractivity contribution in [2.24, 2.45) is 0 Å². The Hall–Kier alpha value is -2.56. The van der Waals surface area contributed by atoms with Gasteiger partial charge < -0.3 is 10.2 Å². The first-order valence-electron chi connectivity index (χ1n) is 5.74. The lowest BCUT2D eigenvalue weighted by Gasteiger charge is -2.08. The maximum atomic E-state index is 11.9. The van der Waals surface area contributed by atoms with Crippen LogP contribution in [0.3, 0.4) is 0 Å². The molecule has 0 unspecified atom stereocenters. The fraction of sp³-hybridized carbons (Fsp3) is 0.143. The molecule has 0 fully saturated rings. The molecule has 2 aromatic rings. The summed E-state index contributed by atoms with van der Waals surface area (Å²) in [4.78, 5) is 24.8. The van der Waals surface area contributed by atoms with E-state index in [-0.39, 0.29) is 22.6 Å². The standard InChI is InChI=1S/C14H11NO4/c1-6-3-4-7-8(5-6)12(17)10-9(11(7)16)13(18)15(2)14(10)19/h3-5,16-17H,1-2H3. The summed E-state index contributed by atoms with van der Waals surface area (Å²) in [5.41, 5.74) is 0.636. The first-order valence-corrected chi connectivity index (χ1v) is 5.74. The highest BCUT2D eigenvalue weighted by Crippen LogP contribution is 2.43. The Morgan fingerprint density at radius 1 is 0.947 bits per heavy atom. The van der Waals surface area contributed by atoms with Gasteiger partial charge in [0.05, 0.1) is 11.1 Å². The van der Waals surface area contributed by atoms with E-state index in [2.05, 4.69) is 0 Å². The molecule has 0 atom stereocenters. The monoisotopic (exact) mass is 257 g/mol. The maximum absolute atomic E-state index is 11.9. The number of carbonyl (C=O) groups excluding carboxylic acids is 2. The molecule has 0 spiro atoms. The first-order chi connectivity index (χ1) is 8.93. The summed E-state index contributed by atoms with van der Waals surface area (Å²) >= 11 is 0. The van der Waals surface area contributed by atoms with Gasteiger partial charge in [-0.05, 0) is 13.0 Å². The summed E-state index contributed by atoms with van der Waals surface area (Å²) < 4.78 is 0. The molecule has 0 aliphatic carbocycles. The van der Waals surface area contributed by atoms with Gasteiger partial charge in [0.15, 0.2) is 0 Å². The third kappa shape index (κ3) is 1.29. The average Bonchev–Trinajstić information content (AvgIpc) is 2.61. The predicted octanol–water partition coefficient (Wildman–Crippen LogP) is 1.79. The van der Waals surface area contributed by atoms with E-state index in [9.17, 15) is 19.8 Å². The second-order valence-corrected chi connectivity index (χ2v) is 4.67. The van der Waals surface area contributed by atoms with Crippen molar-refractivity contribution in [1.82, 2.24) is 4.90 Å². The lowest BCUT2D eigenvalue weighted by Crippen LogP contribution is -2.24. The minimum Gasteiger partial charge on any atom is -0.506 e. The Kier molecular flexibility index (Phi) is 2.11. The lowest BCUT2D eigenvalue weighted by molar-refractivity contribution is 0.0692. The normalized spacial score (nSPS) is 14.3. The van der Waals surface area contributed by atoms with E-state index in [4.69, 9.17) is 0 Å². The Balaban J connectivity index is 2.53. The van der Waals surface area contributed by atoms with Gasteiger partial charge in [0.25, 0.3) is 11.8 Å². The highest BCUT2D eigenvalue weighted by atomic mass is 16.3. The van der Waals surface area contributed by atoms with E-state index in [1.165, 1.54) is 7.05 Å². The summed E-state index contributed by atoms with van der Waals surface area (Å²) in [5.74, 6) is -1.72. The zero-order valence-corrected chi connectivity index (χ0v) is 10.4. The van der Waals surface area contributed by atoms with Crippen molar-refractivity contribution < 1.29 is 19.8 Å². The van der Waals surface area contributed by atoms with Gasteiger partial charge in [-0.25, -0.2) is 0 Å². The van der Waals surface area contributed by atoms with Crippen LogP contribution >= 0.6 is 0 Å². The molecule has 3 rings (SSSR count). The van der Waals surface area contributed by atoms with Gasteiger partial charge in [-0.3, -0.25) is 14.5 Å². The van der Waals surface area contributed by atoms with Gasteiger partial charge in [0, 0.05) is 17.8 Å². The number of phenolic OH excluding ortho intramolecular Hbond substituents is 2. The van der Waals surface area contributed by atoms with Crippen LogP contribution in [0.1, 0.15) is 26.3 Å². The molecular weight excluding hydrogens is 246 g/mol. The van der Waals surface area contributed by atoms with Crippen LogP contribution in [0.2, 0.25) is 0 Å².